The van der Waals surface area contributed by atoms with Crippen molar-refractivity contribution in [2.45, 2.75) is 45.8 Å². The average Bonchev–Trinajstić information content (AvgIpc) is 3.11. The quantitative estimate of drug-likeness (QED) is 0.750. The first-order valence-corrected chi connectivity index (χ1v) is 9.40. The first kappa shape index (κ1) is 16.1. The van der Waals surface area contributed by atoms with E-state index in [1.165, 1.54) is 11.3 Å². The van der Waals surface area contributed by atoms with Crippen LogP contribution in [0.4, 0.5) is 0 Å². The number of amides is 1. The van der Waals surface area contributed by atoms with Crippen LogP contribution in [0.2, 0.25) is 0 Å². The van der Waals surface area contributed by atoms with Gasteiger partial charge in [0.2, 0.25) is 0 Å². The van der Waals surface area contributed by atoms with E-state index >= 15 is 0 Å². The summed E-state index contributed by atoms with van der Waals surface area (Å²) in [5.74, 6) is 1.74. The van der Waals surface area contributed by atoms with Crippen LogP contribution < -0.4 is 10.1 Å². The van der Waals surface area contributed by atoms with Crippen LogP contribution in [0.25, 0.3) is 16.0 Å². The maximum atomic E-state index is 12.2. The summed E-state index contributed by atoms with van der Waals surface area (Å²) < 4.78 is 7.85. The fraction of sp³-hybridized carbons (Fsp3) is 0.368. The van der Waals surface area contributed by atoms with E-state index in [2.05, 4.69) is 14.9 Å². The highest BCUT2D eigenvalue weighted by molar-refractivity contribution is 7.16. The maximum Gasteiger partial charge on any atom is 0.261 e. The van der Waals surface area contributed by atoms with Gasteiger partial charge in [-0.25, -0.2) is 4.98 Å². The van der Waals surface area contributed by atoms with Gasteiger partial charge < -0.3 is 10.1 Å². The van der Waals surface area contributed by atoms with Crippen LogP contribution in [0.3, 0.4) is 0 Å². The molecule has 5 nitrogen and oxygen atoms in total. The van der Waals surface area contributed by atoms with Crippen molar-refractivity contribution in [2.24, 2.45) is 0 Å². The number of aromatic nitrogens is 2. The molecule has 0 unspecified atom stereocenters. The van der Waals surface area contributed by atoms with Gasteiger partial charge in [-0.15, -0.1) is 11.3 Å². The minimum atomic E-state index is 0.0217. The van der Waals surface area contributed by atoms with Crippen LogP contribution >= 0.6 is 11.3 Å². The van der Waals surface area contributed by atoms with Crippen molar-refractivity contribution in [1.29, 1.82) is 0 Å². The van der Waals surface area contributed by atoms with Crippen LogP contribution in [-0.2, 0) is 0 Å². The third kappa shape index (κ3) is 3.26. The molecule has 2 aromatic heterocycles. The third-order valence-electron chi connectivity index (χ3n) is 4.11. The van der Waals surface area contributed by atoms with Crippen molar-refractivity contribution < 1.29 is 9.53 Å². The van der Waals surface area contributed by atoms with Gasteiger partial charge in [0.05, 0.1) is 22.0 Å². The van der Waals surface area contributed by atoms with Crippen molar-refractivity contribution >= 4 is 28.3 Å². The fourth-order valence-corrected chi connectivity index (χ4v) is 3.83. The first-order chi connectivity index (χ1) is 12.0. The van der Waals surface area contributed by atoms with E-state index in [9.17, 15) is 4.79 Å². The number of ether oxygens (including phenoxy) is 1. The zero-order valence-electron chi connectivity index (χ0n) is 14.6. The fourth-order valence-electron chi connectivity index (χ4n) is 2.86. The Kier molecular flexibility index (Phi) is 4.00. The lowest BCUT2D eigenvalue weighted by molar-refractivity contribution is 0.0955. The summed E-state index contributed by atoms with van der Waals surface area (Å²) in [6.07, 6.45) is 2.32. The Bertz CT molecular complexity index is 937. The Morgan fingerprint density at radius 3 is 2.84 bits per heavy atom. The third-order valence-corrected chi connectivity index (χ3v) is 5.18. The van der Waals surface area contributed by atoms with Crippen molar-refractivity contribution in [1.82, 2.24) is 14.9 Å². The van der Waals surface area contributed by atoms with E-state index in [4.69, 9.17) is 4.74 Å². The molecule has 1 aliphatic carbocycles. The number of aryl methyl sites for hydroxylation is 1. The summed E-state index contributed by atoms with van der Waals surface area (Å²) in [7, 11) is 0. The molecule has 0 spiro atoms. The summed E-state index contributed by atoms with van der Waals surface area (Å²) >= 11 is 1.49. The van der Waals surface area contributed by atoms with Gasteiger partial charge in [-0.1, -0.05) is 0 Å². The minimum Gasteiger partial charge on any atom is -0.491 e. The SMILES string of the molecule is Cc1nc2cc(OC(C)C)ccc2n1-c1ccc(C(=O)NC2CC2)s1. The monoisotopic (exact) mass is 355 g/mol. The molecule has 3 aromatic rings. The van der Waals surface area contributed by atoms with Gasteiger partial charge >= 0.3 is 0 Å². The number of rotatable bonds is 5. The number of thiophene rings is 1. The number of hydrogen-bond acceptors (Lipinski definition) is 4. The van der Waals surface area contributed by atoms with Gasteiger partial charge in [0.15, 0.2) is 0 Å². The highest BCUT2D eigenvalue weighted by atomic mass is 32.1. The highest BCUT2D eigenvalue weighted by Crippen LogP contribution is 2.29. The molecule has 6 heteroatoms. The van der Waals surface area contributed by atoms with E-state index < -0.39 is 0 Å². The molecule has 1 amide bonds. The van der Waals surface area contributed by atoms with E-state index in [0.717, 1.165) is 45.3 Å². The standard InChI is InChI=1S/C19H21N3O2S/c1-11(2)24-14-6-7-16-15(10-14)20-12(3)22(16)18-9-8-17(25-18)19(23)21-13-4-5-13/h6-11,13H,4-5H2,1-3H3,(H,21,23). The second kappa shape index (κ2) is 6.19. The summed E-state index contributed by atoms with van der Waals surface area (Å²) in [5, 5.41) is 4.03. The highest BCUT2D eigenvalue weighted by Gasteiger charge is 2.24. The molecule has 1 saturated carbocycles. The molecule has 1 N–H and O–H groups in total. The van der Waals surface area contributed by atoms with E-state index in [-0.39, 0.29) is 12.0 Å². The van der Waals surface area contributed by atoms with Gasteiger partial charge in [-0.05, 0) is 57.9 Å². The Morgan fingerprint density at radius 1 is 1.32 bits per heavy atom. The van der Waals surface area contributed by atoms with Crippen LogP contribution in [0.1, 0.15) is 42.2 Å². The Labute approximate surface area is 150 Å². The lowest BCUT2D eigenvalue weighted by atomic mass is 10.3. The Morgan fingerprint density at radius 2 is 2.12 bits per heavy atom. The number of hydrogen-bond donors (Lipinski definition) is 1. The number of carbonyl (C=O) groups excluding carboxylic acids is 1. The number of imidazole rings is 1. The Balaban J connectivity index is 1.67. The second-order valence-corrected chi connectivity index (χ2v) is 7.76. The predicted octanol–water partition coefficient (Wildman–Crippen LogP) is 4.07. The molecule has 2 heterocycles. The molecule has 0 radical (unpaired) electrons. The zero-order chi connectivity index (χ0) is 17.6. The molecule has 0 bridgehead atoms. The molecule has 130 valence electrons. The molecular formula is C19H21N3O2S. The Hall–Kier alpha value is -2.34. The largest absolute Gasteiger partial charge is 0.491 e. The van der Waals surface area contributed by atoms with Gasteiger partial charge in [-0.3, -0.25) is 9.36 Å². The van der Waals surface area contributed by atoms with Crippen LogP contribution in [0.5, 0.6) is 5.75 Å². The molecule has 0 aliphatic heterocycles. The molecular weight excluding hydrogens is 334 g/mol. The lowest BCUT2D eigenvalue weighted by Gasteiger charge is -2.09. The maximum absolute atomic E-state index is 12.2. The average molecular weight is 355 g/mol. The zero-order valence-corrected chi connectivity index (χ0v) is 15.4. The second-order valence-electron chi connectivity index (χ2n) is 6.70. The summed E-state index contributed by atoms with van der Waals surface area (Å²) in [5.41, 5.74) is 1.91. The molecule has 25 heavy (non-hydrogen) atoms. The number of fused-ring (bicyclic) bond motifs is 1. The van der Waals surface area contributed by atoms with Crippen LogP contribution in [0.15, 0.2) is 30.3 Å². The van der Waals surface area contributed by atoms with Crippen molar-refractivity contribution in [3.63, 3.8) is 0 Å². The molecule has 1 aliphatic rings. The number of nitrogens with one attached hydrogen (secondary N) is 1. The summed E-state index contributed by atoms with van der Waals surface area (Å²) in [6, 6.07) is 10.2. The lowest BCUT2D eigenvalue weighted by Crippen LogP contribution is -2.24. The van der Waals surface area contributed by atoms with Gasteiger partial charge in [-0.2, -0.15) is 0 Å². The summed E-state index contributed by atoms with van der Waals surface area (Å²) in [6.45, 7) is 5.99. The topological polar surface area (TPSA) is 56.2 Å². The number of nitrogens with zero attached hydrogens (tertiary/aromatic N) is 2. The summed E-state index contributed by atoms with van der Waals surface area (Å²) in [4.78, 5) is 17.6. The van der Waals surface area contributed by atoms with E-state index in [1.807, 2.05) is 51.1 Å². The molecule has 4 rings (SSSR count). The predicted molar refractivity (Wildman–Crippen MR) is 99.9 cm³/mol. The minimum absolute atomic E-state index is 0.0217. The van der Waals surface area contributed by atoms with Crippen molar-refractivity contribution in [2.75, 3.05) is 0 Å². The number of benzene rings is 1. The first-order valence-electron chi connectivity index (χ1n) is 8.58. The van der Waals surface area contributed by atoms with Crippen LogP contribution in [0, 0.1) is 6.92 Å². The van der Waals surface area contributed by atoms with E-state index in [1.54, 1.807) is 0 Å². The van der Waals surface area contributed by atoms with E-state index in [0.29, 0.717) is 6.04 Å². The molecule has 0 saturated heterocycles. The molecule has 0 atom stereocenters. The molecule has 1 aromatic carbocycles. The van der Waals surface area contributed by atoms with Gasteiger partial charge in [0, 0.05) is 12.1 Å². The van der Waals surface area contributed by atoms with Gasteiger partial charge in [0.25, 0.3) is 5.91 Å². The van der Waals surface area contributed by atoms with Gasteiger partial charge in [0.1, 0.15) is 16.6 Å². The number of carbonyl (C=O) groups is 1. The molecule has 1 fully saturated rings. The van der Waals surface area contributed by atoms with Crippen LogP contribution in [-0.4, -0.2) is 27.6 Å². The van der Waals surface area contributed by atoms with Crippen molar-refractivity contribution in [3.05, 3.63) is 41.0 Å². The van der Waals surface area contributed by atoms with Crippen molar-refractivity contribution in [3.8, 4) is 10.8 Å². The normalized spacial score (nSPS) is 14.2. The smallest absolute Gasteiger partial charge is 0.261 e.